The van der Waals surface area contributed by atoms with Gasteiger partial charge in [-0.2, -0.15) is 14.9 Å². The van der Waals surface area contributed by atoms with Gasteiger partial charge in [-0.25, -0.2) is 19.4 Å². The molecule has 2 aromatic carbocycles. The van der Waals surface area contributed by atoms with Crippen LogP contribution in [-0.4, -0.2) is 36.4 Å². The molecule has 12 heteroatoms. The number of carbonyl (C=O) groups is 1. The minimum Gasteiger partial charge on any atom is -0.438 e. The summed E-state index contributed by atoms with van der Waals surface area (Å²) in [7, 11) is 0. The van der Waals surface area contributed by atoms with Crippen molar-refractivity contribution in [2.45, 2.75) is 27.3 Å². The van der Waals surface area contributed by atoms with Gasteiger partial charge in [0.25, 0.3) is 5.91 Å². The van der Waals surface area contributed by atoms with Gasteiger partial charge < -0.3 is 14.9 Å². The van der Waals surface area contributed by atoms with E-state index in [2.05, 4.69) is 20.6 Å². The van der Waals surface area contributed by atoms with Gasteiger partial charge in [-0.1, -0.05) is 17.7 Å². The van der Waals surface area contributed by atoms with Crippen molar-refractivity contribution in [2.75, 3.05) is 0 Å². The SMILES string of the molecule is Cc1ccc(-n2nc(C)c(/C=N/NC(=O)Cn3c([N+](=O)[O-])cnc3C)c2Oc2ccc(F)cc2)cc1. The molecule has 11 nitrogen and oxygen atoms in total. The highest BCUT2D eigenvalue weighted by atomic mass is 19.1. The first kappa shape index (κ1) is 24.3. The molecule has 0 radical (unpaired) electrons. The van der Waals surface area contributed by atoms with Crippen LogP contribution in [0.1, 0.15) is 22.6 Å². The molecule has 2 heterocycles. The Bertz CT molecular complexity index is 1440. The van der Waals surface area contributed by atoms with E-state index >= 15 is 0 Å². The van der Waals surface area contributed by atoms with Crippen molar-refractivity contribution >= 4 is 17.9 Å². The standard InChI is InChI=1S/C24H22FN7O4/c1-15-4-8-19(9-5-15)31-24(36-20-10-6-18(25)7-11-20)21(16(2)29-31)12-27-28-22(33)14-30-17(3)26-13-23(30)32(34)35/h4-13H,14H2,1-3H3,(H,28,33)/b27-12+. The molecule has 0 spiro atoms. The predicted molar refractivity (Wildman–Crippen MR) is 129 cm³/mol. The van der Waals surface area contributed by atoms with Gasteiger partial charge in [0.2, 0.25) is 5.88 Å². The highest BCUT2D eigenvalue weighted by Crippen LogP contribution is 2.29. The minimum absolute atomic E-state index is 0.295. The molecule has 0 aliphatic rings. The summed E-state index contributed by atoms with van der Waals surface area (Å²) >= 11 is 0. The average molecular weight is 491 g/mol. The van der Waals surface area contributed by atoms with E-state index in [-0.39, 0.29) is 12.4 Å². The average Bonchev–Trinajstić information content (AvgIpc) is 3.35. The number of nitrogens with one attached hydrogen (secondary N) is 1. The predicted octanol–water partition coefficient (Wildman–Crippen LogP) is 3.98. The third-order valence-electron chi connectivity index (χ3n) is 5.27. The molecule has 0 bridgehead atoms. The lowest BCUT2D eigenvalue weighted by molar-refractivity contribution is -0.392. The number of imidazole rings is 1. The van der Waals surface area contributed by atoms with Crippen molar-refractivity contribution in [1.82, 2.24) is 24.8 Å². The van der Waals surface area contributed by atoms with Crippen molar-refractivity contribution in [2.24, 2.45) is 5.10 Å². The number of benzene rings is 2. The lowest BCUT2D eigenvalue weighted by atomic mass is 10.2. The Balaban J connectivity index is 1.61. The van der Waals surface area contributed by atoms with E-state index in [1.165, 1.54) is 35.0 Å². The molecule has 2 aromatic heterocycles. The van der Waals surface area contributed by atoms with Gasteiger partial charge in [0, 0.05) is 6.92 Å². The van der Waals surface area contributed by atoms with Crippen LogP contribution >= 0.6 is 0 Å². The maximum atomic E-state index is 13.4. The number of aromatic nitrogens is 4. The second kappa shape index (κ2) is 10.2. The van der Waals surface area contributed by atoms with Gasteiger partial charge in [0.1, 0.15) is 17.8 Å². The topological polar surface area (TPSA) is 129 Å². The van der Waals surface area contributed by atoms with Crippen molar-refractivity contribution < 1.29 is 18.8 Å². The molecule has 0 unspecified atom stereocenters. The molecule has 1 N–H and O–H groups in total. The molecular formula is C24H22FN7O4. The molecule has 0 aliphatic carbocycles. The molecule has 1 amide bonds. The normalized spacial score (nSPS) is 11.1. The van der Waals surface area contributed by atoms with Crippen molar-refractivity contribution in [3.63, 3.8) is 0 Å². The van der Waals surface area contributed by atoms with Crippen LogP contribution in [0.4, 0.5) is 10.2 Å². The van der Waals surface area contributed by atoms with Crippen LogP contribution in [0.15, 0.2) is 59.8 Å². The molecule has 184 valence electrons. The fraction of sp³-hybridized carbons (Fsp3) is 0.167. The number of ether oxygens (including phenoxy) is 1. The van der Waals surface area contributed by atoms with E-state index in [9.17, 15) is 19.3 Å². The number of hydrogen-bond donors (Lipinski definition) is 1. The third-order valence-corrected chi connectivity index (χ3v) is 5.27. The maximum absolute atomic E-state index is 13.4. The Morgan fingerprint density at radius 2 is 1.86 bits per heavy atom. The molecular weight excluding hydrogens is 469 g/mol. The first-order chi connectivity index (χ1) is 17.2. The summed E-state index contributed by atoms with van der Waals surface area (Å²) in [4.78, 5) is 26.8. The van der Waals surface area contributed by atoms with Crippen LogP contribution in [0.2, 0.25) is 0 Å². The van der Waals surface area contributed by atoms with Gasteiger partial charge >= 0.3 is 5.82 Å². The highest BCUT2D eigenvalue weighted by molar-refractivity contribution is 5.86. The van der Waals surface area contributed by atoms with Gasteiger partial charge in [0.15, 0.2) is 12.4 Å². The van der Waals surface area contributed by atoms with Crippen LogP contribution in [0.5, 0.6) is 11.6 Å². The lowest BCUT2D eigenvalue weighted by Gasteiger charge is -2.10. The molecule has 4 aromatic rings. The Hall–Kier alpha value is -4.87. The smallest absolute Gasteiger partial charge is 0.343 e. The zero-order valence-electron chi connectivity index (χ0n) is 19.7. The van der Waals surface area contributed by atoms with E-state index in [1.54, 1.807) is 18.5 Å². The van der Waals surface area contributed by atoms with Crippen LogP contribution in [0.25, 0.3) is 5.69 Å². The first-order valence-corrected chi connectivity index (χ1v) is 10.8. The van der Waals surface area contributed by atoms with Crippen LogP contribution in [-0.2, 0) is 11.3 Å². The van der Waals surface area contributed by atoms with Crippen LogP contribution < -0.4 is 10.2 Å². The van der Waals surface area contributed by atoms with E-state index < -0.39 is 16.6 Å². The zero-order chi connectivity index (χ0) is 25.8. The summed E-state index contributed by atoms with van der Waals surface area (Å²) in [6, 6.07) is 13.1. The van der Waals surface area contributed by atoms with Crippen molar-refractivity contribution in [3.8, 4) is 17.3 Å². The lowest BCUT2D eigenvalue weighted by Crippen LogP contribution is -2.24. The molecule has 36 heavy (non-hydrogen) atoms. The van der Waals surface area contributed by atoms with Crippen molar-refractivity contribution in [1.29, 1.82) is 0 Å². The molecule has 0 aliphatic heterocycles. The largest absolute Gasteiger partial charge is 0.438 e. The Labute approximate surface area is 205 Å². The van der Waals surface area contributed by atoms with Crippen molar-refractivity contribution in [3.05, 3.63) is 93.3 Å². The zero-order valence-corrected chi connectivity index (χ0v) is 19.7. The van der Waals surface area contributed by atoms with Gasteiger partial charge in [-0.3, -0.25) is 4.79 Å². The number of nitrogens with zero attached hydrogens (tertiary/aromatic N) is 6. The summed E-state index contributed by atoms with van der Waals surface area (Å²) in [5, 5.41) is 19.7. The maximum Gasteiger partial charge on any atom is 0.343 e. The number of halogens is 1. The van der Waals surface area contributed by atoms with Gasteiger partial charge in [0.05, 0.1) is 23.2 Å². The Morgan fingerprint density at radius 1 is 1.17 bits per heavy atom. The van der Waals surface area contributed by atoms with E-state index in [4.69, 9.17) is 4.74 Å². The van der Waals surface area contributed by atoms with Gasteiger partial charge in [-0.15, -0.1) is 0 Å². The summed E-state index contributed by atoms with van der Waals surface area (Å²) < 4.78 is 22.2. The Kier molecular flexibility index (Phi) is 6.86. The molecule has 4 rings (SSSR count). The van der Waals surface area contributed by atoms with Crippen LogP contribution in [0.3, 0.4) is 0 Å². The summed E-state index contributed by atoms with van der Waals surface area (Å²) in [5.74, 6) is -0.264. The number of hydrazone groups is 1. The first-order valence-electron chi connectivity index (χ1n) is 10.8. The fourth-order valence-corrected chi connectivity index (χ4v) is 3.39. The number of nitro groups is 1. The monoisotopic (exact) mass is 491 g/mol. The molecule has 0 saturated carbocycles. The fourth-order valence-electron chi connectivity index (χ4n) is 3.39. The number of hydrogen-bond acceptors (Lipinski definition) is 7. The number of carbonyl (C=O) groups excluding carboxylic acids is 1. The second-order valence-corrected chi connectivity index (χ2v) is 7.91. The minimum atomic E-state index is -0.613. The number of amides is 1. The third kappa shape index (κ3) is 5.27. The number of aryl methyl sites for hydroxylation is 3. The molecule has 0 saturated heterocycles. The van der Waals surface area contributed by atoms with Gasteiger partial charge in [-0.05, 0) is 55.2 Å². The summed E-state index contributed by atoms with van der Waals surface area (Å²) in [6.45, 7) is 4.95. The molecule has 0 fully saturated rings. The highest BCUT2D eigenvalue weighted by Gasteiger charge is 2.21. The van der Waals surface area contributed by atoms with E-state index in [0.29, 0.717) is 28.7 Å². The van der Waals surface area contributed by atoms with E-state index in [1.807, 2.05) is 31.2 Å². The quantitative estimate of drug-likeness (QED) is 0.225. The summed E-state index contributed by atoms with van der Waals surface area (Å²) in [5.41, 5.74) is 5.20. The number of rotatable bonds is 8. The second-order valence-electron chi connectivity index (χ2n) is 7.91. The molecule has 0 atom stereocenters. The van der Waals surface area contributed by atoms with Crippen LogP contribution in [0, 0.1) is 36.7 Å². The summed E-state index contributed by atoms with van der Waals surface area (Å²) in [6.07, 6.45) is 2.47. The Morgan fingerprint density at radius 3 is 2.53 bits per heavy atom. The van der Waals surface area contributed by atoms with E-state index in [0.717, 1.165) is 17.4 Å².